The summed E-state index contributed by atoms with van der Waals surface area (Å²) >= 11 is 0. The van der Waals surface area contributed by atoms with E-state index in [-0.39, 0.29) is 65.5 Å². The first-order chi connectivity index (χ1) is 29.9. The monoisotopic (exact) mass is 891 g/mol. The molecule has 5 aliphatic rings. The number of hydrogen-bond donors (Lipinski definition) is 1. The van der Waals surface area contributed by atoms with Gasteiger partial charge in [0.2, 0.25) is 11.6 Å². The molecular formula is C49H64F3N3O7Si. The minimum atomic E-state index is -4.80. The third-order valence-electron chi connectivity index (χ3n) is 14.8. The molecule has 3 aliphatic carbocycles. The molecule has 1 aromatic heterocycles. The molecule has 3 fully saturated rings. The molecule has 2 aromatic carbocycles. The molecule has 10 nitrogen and oxygen atoms in total. The van der Waals surface area contributed by atoms with Crippen molar-refractivity contribution in [2.24, 2.45) is 11.8 Å². The second-order valence-corrected chi connectivity index (χ2v) is 24.6. The minimum Gasteiger partial charge on any atom is -0.507 e. The second kappa shape index (κ2) is 17.4. The van der Waals surface area contributed by atoms with E-state index in [1.54, 1.807) is 0 Å². The number of Topliss-reactive ketones (excluding diaryl/α,β-unsaturated/α-hetero) is 2. The number of aromatic nitrogens is 1. The third kappa shape index (κ3) is 7.98. The summed E-state index contributed by atoms with van der Waals surface area (Å²) in [6.45, 7) is 17.0. The van der Waals surface area contributed by atoms with Gasteiger partial charge in [-0.25, -0.2) is 0 Å². The number of unbranched alkanes of at least 4 members (excludes halogenated alkanes) is 2. The molecule has 8 rings (SSSR count). The summed E-state index contributed by atoms with van der Waals surface area (Å²) in [5.41, 5.74) is -1.97. The van der Waals surface area contributed by atoms with Crippen molar-refractivity contribution < 1.29 is 46.3 Å². The molecule has 5 atom stereocenters. The van der Waals surface area contributed by atoms with Crippen LogP contribution < -0.4 is 9.47 Å². The first-order valence-electron chi connectivity index (χ1n) is 23.2. The summed E-state index contributed by atoms with van der Waals surface area (Å²) in [7, 11) is -3.02. The van der Waals surface area contributed by atoms with Gasteiger partial charge in [0.15, 0.2) is 19.7 Å². The van der Waals surface area contributed by atoms with Crippen molar-refractivity contribution in [3.05, 3.63) is 81.1 Å². The maximum atomic E-state index is 16.0. The van der Waals surface area contributed by atoms with Gasteiger partial charge in [0, 0.05) is 24.1 Å². The molecule has 1 saturated carbocycles. The number of carbonyl (C=O) groups excluding carboxylic acids is 2. The molecule has 342 valence electrons. The molecule has 0 radical (unpaired) electrons. The largest absolute Gasteiger partial charge is 0.507 e. The smallest absolute Gasteiger partial charge is 0.417 e. The van der Waals surface area contributed by atoms with Crippen LogP contribution in [0.2, 0.25) is 18.1 Å². The standard InChI is InChI=1S/C49H64F3N3O7Si/c1-8-10-24-59-36-28-32(35-20-17-23-55(35)29-30-18-13-12-14-19-30)40(49(50,51)52)33-26-31-27-34-41(54-21-15-16-22-54)43-39(46(53-61-43)60-25-11-9-2)45(58)48(34,62-63(6,7)47(3,4)5)44(57)37(31)42(56)38(33)36/h12-14,18-19,28,31,34-35,41,56H,8-11,15-17,20-27,29H2,1-7H3/t31-,34-,35?,41-,48-/m0/s1. The fourth-order valence-electron chi connectivity index (χ4n) is 10.7. The Morgan fingerprint density at radius 1 is 0.937 bits per heavy atom. The zero-order chi connectivity index (χ0) is 45.1. The number of benzene rings is 2. The van der Waals surface area contributed by atoms with Crippen LogP contribution in [-0.2, 0) is 28.4 Å². The first-order valence-corrected chi connectivity index (χ1v) is 26.1. The predicted molar refractivity (Wildman–Crippen MR) is 236 cm³/mol. The van der Waals surface area contributed by atoms with Crippen LogP contribution in [0.1, 0.15) is 148 Å². The van der Waals surface area contributed by atoms with Crippen molar-refractivity contribution in [1.82, 2.24) is 15.0 Å². The maximum Gasteiger partial charge on any atom is 0.417 e. The molecule has 2 saturated heterocycles. The number of nitrogens with zero attached hydrogens (tertiary/aromatic N) is 3. The van der Waals surface area contributed by atoms with E-state index >= 15 is 22.8 Å². The van der Waals surface area contributed by atoms with Gasteiger partial charge in [0.05, 0.1) is 30.4 Å². The van der Waals surface area contributed by atoms with Crippen molar-refractivity contribution >= 4 is 25.6 Å². The van der Waals surface area contributed by atoms with Crippen molar-refractivity contribution in [1.29, 1.82) is 0 Å². The van der Waals surface area contributed by atoms with Gasteiger partial charge in [-0.2, -0.15) is 13.2 Å². The van der Waals surface area contributed by atoms with Gasteiger partial charge in [-0.1, -0.05) is 77.8 Å². The number of ketones is 2. The van der Waals surface area contributed by atoms with Gasteiger partial charge >= 0.3 is 6.18 Å². The molecule has 14 heteroatoms. The number of aliphatic hydroxyl groups is 1. The highest BCUT2D eigenvalue weighted by molar-refractivity contribution is 6.74. The Morgan fingerprint density at radius 3 is 2.27 bits per heavy atom. The van der Waals surface area contributed by atoms with Crippen LogP contribution in [0.3, 0.4) is 0 Å². The number of aliphatic hydroxyl groups excluding tert-OH is 1. The zero-order valence-electron chi connectivity index (χ0n) is 38.0. The van der Waals surface area contributed by atoms with E-state index in [9.17, 15) is 5.11 Å². The van der Waals surface area contributed by atoms with E-state index in [0.717, 1.165) is 37.7 Å². The maximum absolute atomic E-state index is 16.0. The molecule has 0 spiro atoms. The van der Waals surface area contributed by atoms with Crippen LogP contribution in [0.4, 0.5) is 13.2 Å². The van der Waals surface area contributed by atoms with E-state index in [4.69, 9.17) is 18.4 Å². The summed E-state index contributed by atoms with van der Waals surface area (Å²) in [4.78, 5) is 36.0. The SMILES string of the molecule is CCCCOc1cc(C2CCCN2Cc2ccccc2)c(C(F)(F)F)c2c1C(O)=C1C(=O)[C@]3(O[Si](C)(C)C(C)(C)C)C(=O)c4c(OCCCC)noc4[C@@H](N4CCCC4)[C@@H]3C[C@@H]1C2. The highest BCUT2D eigenvalue weighted by atomic mass is 28.4. The van der Waals surface area contributed by atoms with Crippen molar-refractivity contribution in [3.63, 3.8) is 0 Å². The first kappa shape index (κ1) is 45.6. The molecule has 0 bridgehead atoms. The van der Waals surface area contributed by atoms with Gasteiger partial charge in [-0.05, 0) is 123 Å². The van der Waals surface area contributed by atoms with Crippen LogP contribution in [0, 0.1) is 11.8 Å². The number of hydrogen-bond acceptors (Lipinski definition) is 10. The summed E-state index contributed by atoms with van der Waals surface area (Å²) in [6.07, 6.45) is 1.09. The van der Waals surface area contributed by atoms with Crippen LogP contribution in [0.5, 0.6) is 11.6 Å². The lowest BCUT2D eigenvalue weighted by atomic mass is 9.56. The minimum absolute atomic E-state index is 0.00796. The Balaban J connectivity index is 1.35. The number of halogens is 3. The Bertz CT molecular complexity index is 2230. The summed E-state index contributed by atoms with van der Waals surface area (Å²) in [5, 5.41) is 16.6. The number of alkyl halides is 3. The van der Waals surface area contributed by atoms with E-state index in [1.165, 1.54) is 6.07 Å². The average Bonchev–Trinajstić information content (AvgIpc) is 4.01. The number of likely N-dealkylation sites (tertiary alicyclic amines) is 2. The molecule has 1 N–H and O–H groups in total. The molecule has 2 aliphatic heterocycles. The zero-order valence-corrected chi connectivity index (χ0v) is 39.0. The lowest BCUT2D eigenvalue weighted by Crippen LogP contribution is -2.68. The topological polar surface area (TPSA) is 115 Å². The highest BCUT2D eigenvalue weighted by Gasteiger charge is 2.69. The van der Waals surface area contributed by atoms with Crippen molar-refractivity contribution in [2.75, 3.05) is 32.8 Å². The van der Waals surface area contributed by atoms with Crippen molar-refractivity contribution in [3.8, 4) is 11.6 Å². The van der Waals surface area contributed by atoms with Crippen LogP contribution in [0.25, 0.3) is 5.76 Å². The summed E-state index contributed by atoms with van der Waals surface area (Å²) in [5.74, 6) is -3.20. The fraction of sp³-hybridized carbons (Fsp3) is 0.612. The molecular weight excluding hydrogens is 828 g/mol. The highest BCUT2D eigenvalue weighted by Crippen LogP contribution is 2.61. The number of carbonyl (C=O) groups is 2. The summed E-state index contributed by atoms with van der Waals surface area (Å²) in [6, 6.07) is 10.0. The van der Waals surface area contributed by atoms with E-state index in [2.05, 4.69) is 15.0 Å². The van der Waals surface area contributed by atoms with Gasteiger partial charge in [0.1, 0.15) is 17.1 Å². The number of rotatable bonds is 14. The van der Waals surface area contributed by atoms with E-state index in [0.29, 0.717) is 51.2 Å². The lowest BCUT2D eigenvalue weighted by molar-refractivity contribution is -0.141. The van der Waals surface area contributed by atoms with Gasteiger partial charge in [-0.15, -0.1) is 0 Å². The van der Waals surface area contributed by atoms with Crippen LogP contribution >= 0.6 is 0 Å². The van der Waals surface area contributed by atoms with E-state index < -0.39 is 71.9 Å². The third-order valence-corrected chi connectivity index (χ3v) is 19.2. The predicted octanol–water partition coefficient (Wildman–Crippen LogP) is 11.2. The number of ether oxygens (including phenoxy) is 2. The Morgan fingerprint density at radius 2 is 1.62 bits per heavy atom. The van der Waals surface area contributed by atoms with Gasteiger partial charge in [0.25, 0.3) is 5.88 Å². The molecule has 3 aromatic rings. The normalized spacial score (nSPS) is 25.6. The molecule has 63 heavy (non-hydrogen) atoms. The van der Waals surface area contributed by atoms with E-state index in [1.807, 2.05) is 78.0 Å². The Kier molecular flexibility index (Phi) is 12.6. The average molecular weight is 892 g/mol. The Labute approximate surface area is 370 Å². The summed E-state index contributed by atoms with van der Waals surface area (Å²) < 4.78 is 73.9. The van der Waals surface area contributed by atoms with Crippen molar-refractivity contribution in [2.45, 2.75) is 147 Å². The molecule has 1 unspecified atom stereocenters. The Hall–Kier alpha value is -3.98. The lowest BCUT2D eigenvalue weighted by Gasteiger charge is -2.55. The van der Waals surface area contributed by atoms with Crippen LogP contribution in [-0.4, -0.2) is 78.4 Å². The molecule has 0 amide bonds. The quantitative estimate of drug-likeness (QED) is 0.0953. The van der Waals surface area contributed by atoms with Gasteiger partial charge < -0.3 is 23.5 Å². The fourth-order valence-corrected chi connectivity index (χ4v) is 12.1. The molecule has 3 heterocycles. The number of fused-ring (bicyclic) bond motifs is 4. The van der Waals surface area contributed by atoms with Gasteiger partial charge in [-0.3, -0.25) is 19.4 Å². The second-order valence-electron chi connectivity index (χ2n) is 19.9. The van der Waals surface area contributed by atoms with Crippen LogP contribution in [0.15, 0.2) is 46.5 Å².